The second-order valence-corrected chi connectivity index (χ2v) is 8.04. The van der Waals surface area contributed by atoms with Crippen LogP contribution >= 0.6 is 11.8 Å². The molecule has 162 valence electrons. The van der Waals surface area contributed by atoms with Gasteiger partial charge in [-0.2, -0.15) is 0 Å². The van der Waals surface area contributed by atoms with Gasteiger partial charge in [0.2, 0.25) is 0 Å². The quantitative estimate of drug-likeness (QED) is 0.388. The highest BCUT2D eigenvalue weighted by molar-refractivity contribution is 7.98. The zero-order valence-electron chi connectivity index (χ0n) is 17.7. The molecule has 0 fully saturated rings. The Labute approximate surface area is 185 Å². The predicted octanol–water partition coefficient (Wildman–Crippen LogP) is 2.94. The van der Waals surface area contributed by atoms with E-state index in [2.05, 4.69) is 20.3 Å². The van der Waals surface area contributed by atoms with E-state index in [1.165, 1.54) is 28.5 Å². The van der Waals surface area contributed by atoms with Crippen LogP contribution in [0.25, 0.3) is 39.0 Å². The smallest absolute Gasteiger partial charge is 0.334 e. The first-order valence-electron chi connectivity index (χ1n) is 9.57. The van der Waals surface area contributed by atoms with E-state index in [0.717, 1.165) is 10.5 Å². The molecule has 4 heterocycles. The normalized spacial score (nSPS) is 11.5. The molecule has 5 aromatic rings. The number of ether oxygens (including phenoxy) is 1. The number of hydrogen-bond acceptors (Lipinski definition) is 7. The number of methoxy groups -OCH3 is 1. The fraction of sp³-hybridized carbons (Fsp3) is 0.190. The van der Waals surface area contributed by atoms with Gasteiger partial charge in [0, 0.05) is 36.0 Å². The monoisotopic (exact) mass is 451 g/mol. The molecule has 0 aliphatic carbocycles. The van der Waals surface area contributed by atoms with Crippen molar-refractivity contribution in [3.8, 4) is 22.8 Å². The highest BCUT2D eigenvalue weighted by Crippen LogP contribution is 2.35. The van der Waals surface area contributed by atoms with E-state index >= 15 is 0 Å². The van der Waals surface area contributed by atoms with Crippen molar-refractivity contribution in [3.05, 3.63) is 53.1 Å². The van der Waals surface area contributed by atoms with Gasteiger partial charge in [-0.25, -0.2) is 18.7 Å². The second kappa shape index (κ2) is 7.45. The maximum Gasteiger partial charge on any atom is 0.334 e. The van der Waals surface area contributed by atoms with E-state index in [1.54, 1.807) is 36.7 Å². The lowest BCUT2D eigenvalue weighted by Gasteiger charge is -2.10. The molecule has 0 saturated carbocycles. The third kappa shape index (κ3) is 2.96. The SMILES string of the molecule is COc1cnc(-n2c(=O)n(C)c3cnc4cc(SC)c(-c5cn(C)nn5)cc4c32)c(F)c1. The number of pyridine rings is 2. The second-order valence-electron chi connectivity index (χ2n) is 7.20. The molecule has 9 nitrogen and oxygen atoms in total. The first kappa shape index (κ1) is 20.2. The van der Waals surface area contributed by atoms with E-state index in [4.69, 9.17) is 4.74 Å². The average Bonchev–Trinajstić information content (AvgIpc) is 3.34. The van der Waals surface area contributed by atoms with Crippen molar-refractivity contribution in [2.45, 2.75) is 4.90 Å². The summed E-state index contributed by atoms with van der Waals surface area (Å²) in [6.07, 6.45) is 6.78. The number of nitrogens with zero attached hydrogens (tertiary/aromatic N) is 7. The molecule has 0 radical (unpaired) electrons. The highest BCUT2D eigenvalue weighted by Gasteiger charge is 2.21. The van der Waals surface area contributed by atoms with E-state index < -0.39 is 11.5 Å². The summed E-state index contributed by atoms with van der Waals surface area (Å²) in [6.45, 7) is 0. The van der Waals surface area contributed by atoms with E-state index in [-0.39, 0.29) is 11.6 Å². The van der Waals surface area contributed by atoms with E-state index in [1.807, 2.05) is 24.6 Å². The van der Waals surface area contributed by atoms with Gasteiger partial charge in [0.25, 0.3) is 0 Å². The van der Waals surface area contributed by atoms with Crippen molar-refractivity contribution in [1.82, 2.24) is 34.1 Å². The largest absolute Gasteiger partial charge is 0.495 e. The summed E-state index contributed by atoms with van der Waals surface area (Å²) >= 11 is 1.56. The minimum atomic E-state index is -0.668. The third-order valence-electron chi connectivity index (χ3n) is 5.33. The topological polar surface area (TPSA) is 92.7 Å². The Morgan fingerprint density at radius 2 is 1.94 bits per heavy atom. The zero-order chi connectivity index (χ0) is 22.6. The Kier molecular flexibility index (Phi) is 4.70. The summed E-state index contributed by atoms with van der Waals surface area (Å²) in [5, 5.41) is 8.95. The summed E-state index contributed by atoms with van der Waals surface area (Å²) in [6, 6.07) is 5.05. The Balaban J connectivity index is 1.91. The van der Waals surface area contributed by atoms with Crippen LogP contribution in [-0.4, -0.2) is 47.5 Å². The highest BCUT2D eigenvalue weighted by atomic mass is 32.2. The molecular weight excluding hydrogens is 433 g/mol. The van der Waals surface area contributed by atoms with Crippen LogP contribution < -0.4 is 10.4 Å². The van der Waals surface area contributed by atoms with Crippen LogP contribution in [0, 0.1) is 5.82 Å². The Morgan fingerprint density at radius 1 is 1.12 bits per heavy atom. The summed E-state index contributed by atoms with van der Waals surface area (Å²) in [4.78, 5) is 22.8. The molecule has 0 spiro atoms. The van der Waals surface area contributed by atoms with E-state index in [9.17, 15) is 9.18 Å². The van der Waals surface area contributed by atoms with Crippen LogP contribution in [-0.2, 0) is 14.1 Å². The summed E-state index contributed by atoms with van der Waals surface area (Å²) < 4.78 is 24.3. The third-order valence-corrected chi connectivity index (χ3v) is 6.11. The molecule has 5 rings (SSSR count). The van der Waals surface area contributed by atoms with Gasteiger partial charge in [0.05, 0.1) is 42.3 Å². The van der Waals surface area contributed by atoms with Gasteiger partial charge in [0.15, 0.2) is 11.6 Å². The zero-order valence-corrected chi connectivity index (χ0v) is 18.5. The van der Waals surface area contributed by atoms with Gasteiger partial charge < -0.3 is 4.74 Å². The number of rotatable bonds is 4. The van der Waals surface area contributed by atoms with Gasteiger partial charge in [0.1, 0.15) is 11.4 Å². The van der Waals surface area contributed by atoms with Crippen molar-refractivity contribution < 1.29 is 9.13 Å². The van der Waals surface area contributed by atoms with Gasteiger partial charge in [-0.1, -0.05) is 5.21 Å². The average molecular weight is 451 g/mol. The summed E-state index contributed by atoms with van der Waals surface area (Å²) in [5.41, 5.74) is 2.84. The molecule has 0 saturated heterocycles. The number of aromatic nitrogens is 7. The van der Waals surface area contributed by atoms with Gasteiger partial charge in [-0.15, -0.1) is 16.9 Å². The number of fused-ring (bicyclic) bond motifs is 3. The standard InChI is InChI=1S/C21H18FN7O2S/c1-27-10-16(25-26-27)12-6-13-15(7-18(12)32-4)23-9-17-19(13)29(21(30)28(17)2)20-14(22)5-11(31-3)8-24-20/h5-10H,1-4H3. The lowest BCUT2D eigenvalue weighted by atomic mass is 10.1. The maximum absolute atomic E-state index is 15.0. The number of thioether (sulfide) groups is 1. The molecule has 0 N–H and O–H groups in total. The summed E-state index contributed by atoms with van der Waals surface area (Å²) in [5.74, 6) is -0.511. The summed E-state index contributed by atoms with van der Waals surface area (Å²) in [7, 11) is 4.84. The van der Waals surface area contributed by atoms with Crippen LogP contribution in [0.5, 0.6) is 5.75 Å². The minimum Gasteiger partial charge on any atom is -0.495 e. The molecule has 0 aliphatic heterocycles. The fourth-order valence-corrected chi connectivity index (χ4v) is 4.36. The Bertz CT molecular complexity index is 1570. The van der Waals surface area contributed by atoms with Crippen LogP contribution in [0.3, 0.4) is 0 Å². The van der Waals surface area contributed by atoms with E-state index in [0.29, 0.717) is 27.6 Å². The van der Waals surface area contributed by atoms with Crippen LogP contribution in [0.4, 0.5) is 4.39 Å². The predicted molar refractivity (Wildman–Crippen MR) is 120 cm³/mol. The van der Waals surface area contributed by atoms with Crippen molar-refractivity contribution in [3.63, 3.8) is 0 Å². The first-order valence-corrected chi connectivity index (χ1v) is 10.8. The van der Waals surface area contributed by atoms with Gasteiger partial charge >= 0.3 is 5.69 Å². The molecule has 0 atom stereocenters. The fourth-order valence-electron chi connectivity index (χ4n) is 3.75. The molecule has 0 amide bonds. The molecule has 11 heteroatoms. The number of benzene rings is 1. The van der Waals surface area contributed by atoms with Gasteiger partial charge in [-0.05, 0) is 18.4 Å². The molecular formula is C21H18FN7O2S. The molecule has 4 aromatic heterocycles. The van der Waals surface area contributed by atoms with Crippen LogP contribution in [0.15, 0.2) is 46.5 Å². The van der Waals surface area contributed by atoms with Crippen molar-refractivity contribution in [2.24, 2.45) is 14.1 Å². The molecule has 0 unspecified atom stereocenters. The Morgan fingerprint density at radius 3 is 2.59 bits per heavy atom. The Hall–Kier alpha value is -3.73. The lowest BCUT2D eigenvalue weighted by molar-refractivity contribution is 0.408. The van der Waals surface area contributed by atoms with Crippen LogP contribution in [0.1, 0.15) is 0 Å². The lowest BCUT2D eigenvalue weighted by Crippen LogP contribution is -2.22. The number of imidazole rings is 1. The van der Waals surface area contributed by atoms with Gasteiger partial charge in [-0.3, -0.25) is 14.2 Å². The van der Waals surface area contributed by atoms with Crippen molar-refractivity contribution >= 4 is 33.7 Å². The molecule has 0 aliphatic rings. The van der Waals surface area contributed by atoms with Crippen molar-refractivity contribution in [1.29, 1.82) is 0 Å². The van der Waals surface area contributed by atoms with Crippen molar-refractivity contribution in [2.75, 3.05) is 13.4 Å². The molecule has 1 aromatic carbocycles. The molecule has 0 bridgehead atoms. The number of hydrogen-bond donors (Lipinski definition) is 0. The number of halogens is 1. The first-order chi connectivity index (χ1) is 15.4. The van der Waals surface area contributed by atoms with Crippen LogP contribution in [0.2, 0.25) is 0 Å². The molecule has 32 heavy (non-hydrogen) atoms. The number of aryl methyl sites for hydroxylation is 2. The maximum atomic E-state index is 15.0. The minimum absolute atomic E-state index is 0.108.